The summed E-state index contributed by atoms with van der Waals surface area (Å²) in [7, 11) is 0. The van der Waals surface area contributed by atoms with Crippen LogP contribution in [0.15, 0.2) is 202 Å². The Morgan fingerprint density at radius 3 is 1.83 bits per heavy atom. The van der Waals surface area contributed by atoms with Crippen LogP contribution in [0.5, 0.6) is 0 Å². The molecule has 0 N–H and O–H groups in total. The highest BCUT2D eigenvalue weighted by Crippen LogP contribution is 2.62. The van der Waals surface area contributed by atoms with Crippen LogP contribution >= 0.6 is 23.5 Å². The van der Waals surface area contributed by atoms with Gasteiger partial charge in [-0.25, -0.2) is 0 Å². The van der Waals surface area contributed by atoms with Crippen LogP contribution in [-0.4, -0.2) is 9.55 Å². The molecule has 4 heteroatoms. The van der Waals surface area contributed by atoms with E-state index in [0.29, 0.717) is 0 Å². The molecule has 4 heterocycles. The summed E-state index contributed by atoms with van der Waals surface area (Å²) in [6, 6.07) is 64.8. The Bertz CT molecular complexity index is 2810. The second-order valence-corrected chi connectivity index (χ2v) is 15.7. The number of hydrogen-bond donors (Lipinski definition) is 0. The van der Waals surface area contributed by atoms with Gasteiger partial charge in [0.05, 0.1) is 22.1 Å². The summed E-state index contributed by atoms with van der Waals surface area (Å²) in [5.74, 6) is 0. The lowest BCUT2D eigenvalue weighted by molar-refractivity contribution is 0.667. The second kappa shape index (κ2) is 11.6. The zero-order valence-electron chi connectivity index (χ0n) is 28.0. The van der Waals surface area contributed by atoms with Gasteiger partial charge >= 0.3 is 0 Å². The molecule has 0 amide bonds. The third-order valence-corrected chi connectivity index (χ3v) is 13.1. The van der Waals surface area contributed by atoms with Gasteiger partial charge in [-0.3, -0.25) is 4.98 Å². The van der Waals surface area contributed by atoms with E-state index < -0.39 is 5.41 Å². The van der Waals surface area contributed by atoms with E-state index in [1.54, 1.807) is 0 Å². The highest BCUT2D eigenvalue weighted by atomic mass is 32.2. The molecule has 0 saturated carbocycles. The molecule has 9 aromatic rings. The van der Waals surface area contributed by atoms with Crippen molar-refractivity contribution >= 4 is 45.3 Å². The quantitative estimate of drug-likeness (QED) is 0.183. The highest BCUT2D eigenvalue weighted by molar-refractivity contribution is 8.00. The molecule has 52 heavy (non-hydrogen) atoms. The van der Waals surface area contributed by atoms with Gasteiger partial charge < -0.3 is 4.57 Å². The van der Waals surface area contributed by atoms with Crippen LogP contribution in [0.4, 0.5) is 0 Å². The Hall–Kier alpha value is -5.81. The molecule has 0 radical (unpaired) electrons. The first-order chi connectivity index (χ1) is 25.8. The summed E-state index contributed by atoms with van der Waals surface area (Å²) in [6.45, 7) is 0. The predicted octanol–water partition coefficient (Wildman–Crippen LogP) is 12.8. The smallest absolute Gasteiger partial charge is 0.0745 e. The summed E-state index contributed by atoms with van der Waals surface area (Å²) < 4.78 is 2.39. The first-order valence-electron chi connectivity index (χ1n) is 17.6. The molecule has 0 saturated heterocycles. The molecular weight excluding hydrogens is 669 g/mol. The van der Waals surface area contributed by atoms with Crippen molar-refractivity contribution in [1.82, 2.24) is 9.55 Å². The maximum atomic E-state index is 4.71. The van der Waals surface area contributed by atoms with Crippen LogP contribution in [-0.2, 0) is 5.41 Å². The maximum Gasteiger partial charge on any atom is 0.0745 e. The van der Waals surface area contributed by atoms with Gasteiger partial charge in [-0.15, -0.1) is 0 Å². The van der Waals surface area contributed by atoms with Crippen LogP contribution in [0, 0.1) is 0 Å². The number of fused-ring (bicyclic) bond motifs is 11. The van der Waals surface area contributed by atoms with Gasteiger partial charge in [0.1, 0.15) is 0 Å². The standard InChI is InChI=1S/C48H30N2S2/c1-2-12-34(13-3-1)50-42-18-7-4-14-35(42)36-28-31(22-25-43(36)50)32-23-26-46-40(29-32)48(37-15-5-8-19-44(37)51-45-20-9-6-16-38(45)48)39-24-21-33(30-47(39)52-46)41-17-10-11-27-49-41/h1-30H. The van der Waals surface area contributed by atoms with Crippen molar-refractivity contribution in [1.29, 1.82) is 0 Å². The van der Waals surface area contributed by atoms with Crippen LogP contribution in [0.3, 0.4) is 0 Å². The van der Waals surface area contributed by atoms with Gasteiger partial charge in [0, 0.05) is 47.8 Å². The fourth-order valence-electron chi connectivity index (χ4n) is 8.55. The number of hydrogen-bond acceptors (Lipinski definition) is 3. The van der Waals surface area contributed by atoms with E-state index in [0.717, 1.165) is 11.3 Å². The van der Waals surface area contributed by atoms with Crippen LogP contribution in [0.2, 0.25) is 0 Å². The summed E-state index contributed by atoms with van der Waals surface area (Å²) in [6.07, 6.45) is 1.88. The van der Waals surface area contributed by atoms with E-state index in [1.165, 1.54) is 80.5 Å². The number of para-hydroxylation sites is 2. The van der Waals surface area contributed by atoms with E-state index in [9.17, 15) is 0 Å². The number of aromatic nitrogens is 2. The minimum atomic E-state index is -0.486. The molecule has 0 aliphatic carbocycles. The van der Waals surface area contributed by atoms with Crippen LogP contribution < -0.4 is 0 Å². The normalized spacial score (nSPS) is 13.8. The average Bonchev–Trinajstić information content (AvgIpc) is 3.55. The lowest BCUT2D eigenvalue weighted by atomic mass is 9.64. The van der Waals surface area contributed by atoms with Crippen molar-refractivity contribution in [3.8, 4) is 28.1 Å². The van der Waals surface area contributed by atoms with Crippen molar-refractivity contribution in [2.75, 3.05) is 0 Å². The molecule has 1 spiro atoms. The fourth-order valence-corrected chi connectivity index (χ4v) is 11.0. The van der Waals surface area contributed by atoms with Crippen molar-refractivity contribution < 1.29 is 0 Å². The monoisotopic (exact) mass is 698 g/mol. The fraction of sp³-hybridized carbons (Fsp3) is 0.0208. The van der Waals surface area contributed by atoms with E-state index in [4.69, 9.17) is 4.98 Å². The summed E-state index contributed by atoms with van der Waals surface area (Å²) >= 11 is 3.76. The van der Waals surface area contributed by atoms with Gasteiger partial charge in [-0.1, -0.05) is 127 Å². The average molecular weight is 699 g/mol. The van der Waals surface area contributed by atoms with Crippen LogP contribution in [0.25, 0.3) is 49.9 Å². The zero-order valence-corrected chi connectivity index (χ0v) is 29.7. The van der Waals surface area contributed by atoms with Gasteiger partial charge in [0.15, 0.2) is 0 Å². The Balaban J connectivity index is 1.16. The Labute approximate surface area is 310 Å². The number of nitrogens with zero attached hydrogens (tertiary/aromatic N) is 2. The lowest BCUT2D eigenvalue weighted by Gasteiger charge is -2.45. The summed E-state index contributed by atoms with van der Waals surface area (Å²) in [5.41, 5.74) is 13.0. The largest absolute Gasteiger partial charge is 0.309 e. The topological polar surface area (TPSA) is 17.8 Å². The zero-order chi connectivity index (χ0) is 34.2. The van der Waals surface area contributed by atoms with Crippen molar-refractivity contribution in [2.24, 2.45) is 0 Å². The summed E-state index contributed by atoms with van der Waals surface area (Å²) in [5, 5.41) is 2.52. The van der Waals surface area contributed by atoms with Gasteiger partial charge in [-0.05, 0) is 106 Å². The third kappa shape index (κ3) is 4.32. The molecular formula is C48H30N2S2. The van der Waals surface area contributed by atoms with Gasteiger partial charge in [0.25, 0.3) is 0 Å². The molecule has 7 aromatic carbocycles. The molecule has 244 valence electrons. The molecule has 11 rings (SSSR count). The molecule has 2 nitrogen and oxygen atoms in total. The molecule has 2 aliphatic heterocycles. The lowest BCUT2D eigenvalue weighted by Crippen LogP contribution is -2.36. The van der Waals surface area contributed by atoms with Crippen molar-refractivity contribution in [3.05, 3.63) is 204 Å². The second-order valence-electron chi connectivity index (χ2n) is 13.5. The van der Waals surface area contributed by atoms with Gasteiger partial charge in [0.2, 0.25) is 0 Å². The number of rotatable bonds is 3. The molecule has 0 fully saturated rings. The molecule has 0 unspecified atom stereocenters. The van der Waals surface area contributed by atoms with Crippen molar-refractivity contribution in [3.63, 3.8) is 0 Å². The molecule has 0 atom stereocenters. The minimum absolute atomic E-state index is 0.486. The molecule has 2 aliphatic rings. The third-order valence-electron chi connectivity index (χ3n) is 10.8. The molecule has 2 aromatic heterocycles. The number of benzene rings is 7. The summed E-state index contributed by atoms with van der Waals surface area (Å²) in [4.78, 5) is 9.88. The van der Waals surface area contributed by atoms with E-state index in [2.05, 4.69) is 174 Å². The minimum Gasteiger partial charge on any atom is -0.309 e. The van der Waals surface area contributed by atoms with E-state index >= 15 is 0 Å². The van der Waals surface area contributed by atoms with Gasteiger partial charge in [-0.2, -0.15) is 0 Å². The van der Waals surface area contributed by atoms with Crippen LogP contribution in [0.1, 0.15) is 22.3 Å². The predicted molar refractivity (Wildman–Crippen MR) is 216 cm³/mol. The Morgan fingerprint density at radius 2 is 1.02 bits per heavy atom. The molecule has 0 bridgehead atoms. The SMILES string of the molecule is c1ccc(-n2c3ccccc3c3cc(-c4ccc5c(c4)C4(c6ccccc6Sc6ccccc64)c4ccc(-c6ccccn6)cc4S5)ccc32)cc1. The maximum absolute atomic E-state index is 4.71. The Kier molecular flexibility index (Phi) is 6.67. The van der Waals surface area contributed by atoms with E-state index in [1.807, 2.05) is 35.8 Å². The Morgan fingerprint density at radius 1 is 0.404 bits per heavy atom. The van der Waals surface area contributed by atoms with E-state index in [-0.39, 0.29) is 0 Å². The first kappa shape index (κ1) is 29.9. The van der Waals surface area contributed by atoms with Crippen molar-refractivity contribution in [2.45, 2.75) is 25.0 Å². The highest BCUT2D eigenvalue weighted by Gasteiger charge is 2.48. The first-order valence-corrected chi connectivity index (χ1v) is 19.2. The number of pyridine rings is 1.